The number of ether oxygens (including phenoxy) is 1. The maximum absolute atomic E-state index is 10.9. The van der Waals surface area contributed by atoms with Crippen LogP contribution in [0.15, 0.2) is 24.3 Å². The van der Waals surface area contributed by atoms with Gasteiger partial charge in [0.15, 0.2) is 0 Å². The van der Waals surface area contributed by atoms with Crippen LogP contribution in [0.3, 0.4) is 0 Å². The fraction of sp³-hybridized carbons (Fsp3) is 0.500. The van der Waals surface area contributed by atoms with E-state index in [4.69, 9.17) is 10.5 Å². The molecule has 0 heterocycles. The third kappa shape index (κ3) is 5.19. The summed E-state index contributed by atoms with van der Waals surface area (Å²) in [6.45, 7) is 2.27. The van der Waals surface area contributed by atoms with E-state index in [1.165, 1.54) is 6.26 Å². The lowest BCUT2D eigenvalue weighted by Gasteiger charge is -2.13. The summed E-state index contributed by atoms with van der Waals surface area (Å²) >= 11 is 0. The van der Waals surface area contributed by atoms with Crippen LogP contribution in [-0.4, -0.2) is 27.0 Å². The van der Waals surface area contributed by atoms with Crippen molar-refractivity contribution in [1.82, 2.24) is 0 Å². The first-order valence-electron chi connectivity index (χ1n) is 5.55. The summed E-state index contributed by atoms with van der Waals surface area (Å²) in [6.07, 6.45) is 1.72. The maximum Gasteiger partial charge on any atom is 0.147 e. The third-order valence-electron chi connectivity index (χ3n) is 2.33. The van der Waals surface area contributed by atoms with Gasteiger partial charge < -0.3 is 10.5 Å². The monoisotopic (exact) mass is 257 g/mol. The van der Waals surface area contributed by atoms with Crippen LogP contribution in [-0.2, 0) is 9.84 Å². The summed E-state index contributed by atoms with van der Waals surface area (Å²) in [4.78, 5) is 0. The number of rotatable bonds is 6. The van der Waals surface area contributed by atoms with Gasteiger partial charge in [-0.2, -0.15) is 0 Å². The molecule has 0 spiro atoms. The van der Waals surface area contributed by atoms with Gasteiger partial charge in [0.1, 0.15) is 15.6 Å². The second-order valence-corrected chi connectivity index (χ2v) is 6.42. The first kappa shape index (κ1) is 14.0. The summed E-state index contributed by atoms with van der Waals surface area (Å²) in [6, 6.07) is 7.44. The number of benzene rings is 1. The molecule has 1 aromatic rings. The van der Waals surface area contributed by atoms with E-state index in [2.05, 4.69) is 0 Å². The molecule has 0 aliphatic carbocycles. The average Bonchev–Trinajstić information content (AvgIpc) is 2.23. The maximum atomic E-state index is 10.9. The summed E-state index contributed by atoms with van der Waals surface area (Å²) in [5.74, 6) is 0.879. The zero-order valence-electron chi connectivity index (χ0n) is 10.2. The first-order chi connectivity index (χ1) is 7.90. The highest BCUT2D eigenvalue weighted by molar-refractivity contribution is 7.90. The highest BCUT2D eigenvalue weighted by Crippen LogP contribution is 2.23. The van der Waals surface area contributed by atoms with Crippen LogP contribution in [0.5, 0.6) is 5.75 Å². The smallest absolute Gasteiger partial charge is 0.147 e. The van der Waals surface area contributed by atoms with Crippen LogP contribution < -0.4 is 10.5 Å². The predicted octanol–water partition coefficient (Wildman–Crippen LogP) is 1.52. The minimum Gasteiger partial charge on any atom is -0.493 e. The van der Waals surface area contributed by atoms with E-state index in [0.29, 0.717) is 13.0 Å². The van der Waals surface area contributed by atoms with Gasteiger partial charge in [0.2, 0.25) is 0 Å². The van der Waals surface area contributed by atoms with Crippen LogP contribution in [0, 0.1) is 0 Å². The van der Waals surface area contributed by atoms with Crippen LogP contribution in [0.4, 0.5) is 0 Å². The van der Waals surface area contributed by atoms with Crippen LogP contribution in [0.1, 0.15) is 24.9 Å². The molecule has 4 nitrogen and oxygen atoms in total. The molecular weight excluding hydrogens is 238 g/mol. The molecule has 17 heavy (non-hydrogen) atoms. The van der Waals surface area contributed by atoms with E-state index in [1.54, 1.807) is 0 Å². The quantitative estimate of drug-likeness (QED) is 0.784. The molecule has 0 aliphatic heterocycles. The number of hydrogen-bond acceptors (Lipinski definition) is 4. The Bertz CT molecular complexity index is 455. The van der Waals surface area contributed by atoms with Gasteiger partial charge in [-0.3, -0.25) is 0 Å². The molecule has 1 atom stereocenters. The summed E-state index contributed by atoms with van der Waals surface area (Å²) in [5, 5.41) is 0. The molecule has 0 amide bonds. The van der Waals surface area contributed by atoms with Gasteiger partial charge in [-0.1, -0.05) is 18.2 Å². The predicted molar refractivity (Wildman–Crippen MR) is 68.9 cm³/mol. The molecule has 0 fully saturated rings. The summed E-state index contributed by atoms with van der Waals surface area (Å²) < 4.78 is 27.4. The van der Waals surface area contributed by atoms with Crippen molar-refractivity contribution < 1.29 is 13.2 Å². The van der Waals surface area contributed by atoms with Gasteiger partial charge in [-0.05, 0) is 19.4 Å². The normalized spacial score (nSPS) is 13.4. The molecule has 0 unspecified atom stereocenters. The van der Waals surface area contributed by atoms with Crippen LogP contribution >= 0.6 is 0 Å². The number of nitrogens with two attached hydrogens (primary N) is 1. The molecule has 0 bridgehead atoms. The molecule has 0 radical (unpaired) electrons. The molecule has 96 valence electrons. The lowest BCUT2D eigenvalue weighted by atomic mass is 10.1. The van der Waals surface area contributed by atoms with Crippen molar-refractivity contribution in [3.8, 4) is 5.75 Å². The van der Waals surface area contributed by atoms with E-state index in [1.807, 2.05) is 31.2 Å². The van der Waals surface area contributed by atoms with Gasteiger partial charge in [0, 0.05) is 17.9 Å². The summed E-state index contributed by atoms with van der Waals surface area (Å²) in [7, 11) is -2.91. The van der Waals surface area contributed by atoms with E-state index in [-0.39, 0.29) is 11.8 Å². The van der Waals surface area contributed by atoms with Crippen LogP contribution in [0.2, 0.25) is 0 Å². The fourth-order valence-corrected chi connectivity index (χ4v) is 2.13. The molecule has 0 aliphatic rings. The van der Waals surface area contributed by atoms with Crippen molar-refractivity contribution in [3.63, 3.8) is 0 Å². The van der Waals surface area contributed by atoms with Gasteiger partial charge >= 0.3 is 0 Å². The minimum atomic E-state index is -2.91. The molecule has 0 saturated heterocycles. The minimum absolute atomic E-state index is 0.0962. The Hall–Kier alpha value is -1.07. The highest BCUT2D eigenvalue weighted by atomic mass is 32.2. The molecule has 5 heteroatoms. The molecule has 0 saturated carbocycles. The standard InChI is InChI=1S/C12H19NO3S/c1-10(13)11-6-3-4-7-12(11)16-8-5-9-17(2,14)15/h3-4,6-7,10H,5,8-9,13H2,1-2H3/t10-/m0/s1. The zero-order valence-corrected chi connectivity index (χ0v) is 11.0. The number of para-hydroxylation sites is 1. The number of sulfone groups is 1. The largest absolute Gasteiger partial charge is 0.493 e. The van der Waals surface area contributed by atoms with Crippen molar-refractivity contribution in [3.05, 3.63) is 29.8 Å². The molecule has 1 aromatic carbocycles. The lowest BCUT2D eigenvalue weighted by Crippen LogP contribution is -2.11. The van der Waals surface area contributed by atoms with Crippen molar-refractivity contribution >= 4 is 9.84 Å². The second-order valence-electron chi connectivity index (χ2n) is 4.16. The van der Waals surface area contributed by atoms with E-state index < -0.39 is 9.84 Å². The van der Waals surface area contributed by atoms with Crippen molar-refractivity contribution in [2.24, 2.45) is 5.73 Å². The molecule has 0 aromatic heterocycles. The Labute approximate surface area is 103 Å². The summed E-state index contributed by atoms with van der Waals surface area (Å²) in [5.41, 5.74) is 6.75. The topological polar surface area (TPSA) is 69.4 Å². The Balaban J connectivity index is 2.52. The number of hydrogen-bond donors (Lipinski definition) is 1. The first-order valence-corrected chi connectivity index (χ1v) is 7.61. The van der Waals surface area contributed by atoms with Gasteiger partial charge in [-0.15, -0.1) is 0 Å². The van der Waals surface area contributed by atoms with Crippen molar-refractivity contribution in [2.45, 2.75) is 19.4 Å². The third-order valence-corrected chi connectivity index (χ3v) is 3.36. The Morgan fingerprint density at radius 3 is 2.59 bits per heavy atom. The van der Waals surface area contributed by atoms with E-state index >= 15 is 0 Å². The highest BCUT2D eigenvalue weighted by Gasteiger charge is 2.07. The fourth-order valence-electron chi connectivity index (χ4n) is 1.49. The van der Waals surface area contributed by atoms with Gasteiger partial charge in [-0.25, -0.2) is 8.42 Å². The molecular formula is C12H19NO3S. The SMILES string of the molecule is C[C@H](N)c1ccccc1OCCCS(C)(=O)=O. The zero-order chi connectivity index (χ0) is 12.9. The van der Waals surface area contributed by atoms with Crippen molar-refractivity contribution in [1.29, 1.82) is 0 Å². The average molecular weight is 257 g/mol. The van der Waals surface area contributed by atoms with E-state index in [9.17, 15) is 8.42 Å². The molecule has 1 rings (SSSR count). The Morgan fingerprint density at radius 1 is 1.35 bits per heavy atom. The Kier molecular flexibility index (Phi) is 4.96. The van der Waals surface area contributed by atoms with Gasteiger partial charge in [0.25, 0.3) is 0 Å². The van der Waals surface area contributed by atoms with E-state index in [0.717, 1.165) is 11.3 Å². The van der Waals surface area contributed by atoms with Crippen molar-refractivity contribution in [2.75, 3.05) is 18.6 Å². The Morgan fingerprint density at radius 2 is 2.00 bits per heavy atom. The van der Waals surface area contributed by atoms with Crippen LogP contribution in [0.25, 0.3) is 0 Å². The molecule has 2 N–H and O–H groups in total. The van der Waals surface area contributed by atoms with Gasteiger partial charge in [0.05, 0.1) is 12.4 Å². The lowest BCUT2D eigenvalue weighted by molar-refractivity contribution is 0.313. The second kappa shape index (κ2) is 6.02.